The molecule has 26 heavy (non-hydrogen) atoms. The molecule has 0 spiro atoms. The Hall–Kier alpha value is -3.16. The van der Waals surface area contributed by atoms with Crippen molar-refractivity contribution in [1.82, 2.24) is 9.78 Å². The monoisotopic (exact) mass is 355 g/mol. The quantitative estimate of drug-likeness (QED) is 0.784. The summed E-state index contributed by atoms with van der Waals surface area (Å²) in [6.45, 7) is 4.48. The number of aromatic nitrogens is 2. The number of esters is 1. The molecule has 0 bridgehead atoms. The predicted molar refractivity (Wildman–Crippen MR) is 96.6 cm³/mol. The Morgan fingerprint density at radius 2 is 2.00 bits per heavy atom. The van der Waals surface area contributed by atoms with Crippen molar-refractivity contribution in [2.24, 2.45) is 10.8 Å². The first-order valence-electron chi connectivity index (χ1n) is 8.35. The van der Waals surface area contributed by atoms with Crippen LogP contribution in [-0.4, -0.2) is 40.0 Å². The van der Waals surface area contributed by atoms with E-state index in [2.05, 4.69) is 10.2 Å². The lowest BCUT2D eigenvalue weighted by Gasteiger charge is -2.20. The molecule has 136 valence electrons. The molecule has 1 aliphatic heterocycles. The van der Waals surface area contributed by atoms with Gasteiger partial charge in [-0.2, -0.15) is 10.2 Å². The Bertz CT molecular complexity index is 844. The zero-order valence-corrected chi connectivity index (χ0v) is 14.8. The van der Waals surface area contributed by atoms with Crippen molar-refractivity contribution < 1.29 is 14.3 Å². The van der Waals surface area contributed by atoms with E-state index >= 15 is 0 Å². The standard InChI is InChI=1S/C18H21N5O3/c1-12-10-13(2)22(20-12)8-9-26-18(25)15-11-16(17(19)24)23(21-15)14-6-4-3-5-7-14/h3-7,10,16H,8-9,11H2,1-2H3,(H2,19,24). The summed E-state index contributed by atoms with van der Waals surface area (Å²) in [5, 5.41) is 10.0. The van der Waals surface area contributed by atoms with Crippen molar-refractivity contribution in [3.63, 3.8) is 0 Å². The van der Waals surface area contributed by atoms with Gasteiger partial charge in [-0.15, -0.1) is 0 Å². The second-order valence-electron chi connectivity index (χ2n) is 6.14. The van der Waals surface area contributed by atoms with Crippen molar-refractivity contribution in [3.8, 4) is 0 Å². The van der Waals surface area contributed by atoms with Crippen LogP contribution in [-0.2, 0) is 20.9 Å². The minimum absolute atomic E-state index is 0.128. The van der Waals surface area contributed by atoms with Crippen LogP contribution in [0.1, 0.15) is 17.8 Å². The molecule has 1 atom stereocenters. The van der Waals surface area contributed by atoms with E-state index in [1.807, 2.05) is 38.1 Å². The van der Waals surface area contributed by atoms with Crippen molar-refractivity contribution in [1.29, 1.82) is 0 Å². The van der Waals surface area contributed by atoms with Gasteiger partial charge in [0, 0.05) is 12.1 Å². The lowest BCUT2D eigenvalue weighted by Crippen LogP contribution is -2.39. The Balaban J connectivity index is 1.65. The molecule has 1 aromatic heterocycles. The molecule has 0 fully saturated rings. The molecule has 1 aliphatic rings. The molecular formula is C18H21N5O3. The van der Waals surface area contributed by atoms with Gasteiger partial charge in [-0.3, -0.25) is 14.5 Å². The molecule has 2 heterocycles. The maximum Gasteiger partial charge on any atom is 0.354 e. The first-order chi connectivity index (χ1) is 12.5. The average molecular weight is 355 g/mol. The molecule has 1 aromatic carbocycles. The van der Waals surface area contributed by atoms with Crippen LogP contribution in [0.3, 0.4) is 0 Å². The second-order valence-corrected chi connectivity index (χ2v) is 6.14. The van der Waals surface area contributed by atoms with E-state index in [1.165, 1.54) is 5.01 Å². The van der Waals surface area contributed by atoms with Gasteiger partial charge in [0.05, 0.1) is 17.9 Å². The molecular weight excluding hydrogens is 334 g/mol. The minimum atomic E-state index is -0.698. The average Bonchev–Trinajstić information content (AvgIpc) is 3.19. The third-order valence-electron chi connectivity index (χ3n) is 4.13. The van der Waals surface area contributed by atoms with E-state index in [0.29, 0.717) is 12.2 Å². The van der Waals surface area contributed by atoms with E-state index in [-0.39, 0.29) is 18.7 Å². The van der Waals surface area contributed by atoms with E-state index in [9.17, 15) is 9.59 Å². The van der Waals surface area contributed by atoms with Crippen LogP contribution in [0.25, 0.3) is 0 Å². The molecule has 0 radical (unpaired) electrons. The van der Waals surface area contributed by atoms with Gasteiger partial charge in [0.15, 0.2) is 0 Å². The first kappa shape index (κ1) is 17.7. The van der Waals surface area contributed by atoms with Crippen LogP contribution in [0.2, 0.25) is 0 Å². The normalized spacial score (nSPS) is 16.5. The lowest BCUT2D eigenvalue weighted by atomic mass is 10.1. The van der Waals surface area contributed by atoms with Crippen LogP contribution in [0.15, 0.2) is 41.5 Å². The molecule has 1 unspecified atom stereocenters. The number of nitrogens with zero attached hydrogens (tertiary/aromatic N) is 4. The predicted octanol–water partition coefficient (Wildman–Crippen LogP) is 1.16. The smallest absolute Gasteiger partial charge is 0.354 e. The number of amides is 1. The molecule has 2 aromatic rings. The Labute approximate surface area is 151 Å². The molecule has 1 amide bonds. The highest BCUT2D eigenvalue weighted by Crippen LogP contribution is 2.24. The van der Waals surface area contributed by atoms with Gasteiger partial charge in [-0.05, 0) is 32.0 Å². The summed E-state index contributed by atoms with van der Waals surface area (Å²) in [5.74, 6) is -1.08. The number of ether oxygens (including phenoxy) is 1. The number of primary amides is 1. The minimum Gasteiger partial charge on any atom is -0.459 e. The number of hydrogen-bond acceptors (Lipinski definition) is 6. The summed E-state index contributed by atoms with van der Waals surface area (Å²) in [6, 6.07) is 10.4. The largest absolute Gasteiger partial charge is 0.459 e. The Kier molecular flexibility index (Phi) is 5.01. The maximum atomic E-state index is 12.3. The van der Waals surface area contributed by atoms with Crippen molar-refractivity contribution in [3.05, 3.63) is 47.8 Å². The molecule has 2 N–H and O–H groups in total. The van der Waals surface area contributed by atoms with E-state index in [4.69, 9.17) is 10.5 Å². The fourth-order valence-corrected chi connectivity index (χ4v) is 2.88. The van der Waals surface area contributed by atoms with E-state index in [0.717, 1.165) is 11.4 Å². The van der Waals surface area contributed by atoms with Crippen molar-refractivity contribution in [2.75, 3.05) is 11.6 Å². The number of benzene rings is 1. The molecule has 8 nitrogen and oxygen atoms in total. The summed E-state index contributed by atoms with van der Waals surface area (Å²) < 4.78 is 7.08. The van der Waals surface area contributed by atoms with Crippen LogP contribution in [0.5, 0.6) is 0 Å². The summed E-state index contributed by atoms with van der Waals surface area (Å²) in [5.41, 5.74) is 8.26. The van der Waals surface area contributed by atoms with E-state index in [1.54, 1.807) is 16.8 Å². The van der Waals surface area contributed by atoms with Gasteiger partial charge in [0.2, 0.25) is 5.91 Å². The van der Waals surface area contributed by atoms with Crippen LogP contribution >= 0.6 is 0 Å². The molecule has 8 heteroatoms. The number of carbonyl (C=O) groups is 2. The van der Waals surface area contributed by atoms with Gasteiger partial charge in [-0.1, -0.05) is 18.2 Å². The van der Waals surface area contributed by atoms with Gasteiger partial charge in [0.1, 0.15) is 18.4 Å². The van der Waals surface area contributed by atoms with Crippen LogP contribution < -0.4 is 10.7 Å². The van der Waals surface area contributed by atoms with Gasteiger partial charge in [0.25, 0.3) is 0 Å². The number of nitrogens with two attached hydrogens (primary N) is 1. The SMILES string of the molecule is Cc1cc(C)n(CCOC(=O)C2=NN(c3ccccc3)C(C(N)=O)C2)n1. The zero-order chi connectivity index (χ0) is 18.7. The van der Waals surface area contributed by atoms with Gasteiger partial charge < -0.3 is 10.5 Å². The maximum absolute atomic E-state index is 12.3. The first-order valence-corrected chi connectivity index (χ1v) is 8.35. The highest BCUT2D eigenvalue weighted by Gasteiger charge is 2.35. The highest BCUT2D eigenvalue weighted by molar-refractivity contribution is 6.38. The molecule has 0 saturated carbocycles. The number of rotatable bonds is 6. The summed E-state index contributed by atoms with van der Waals surface area (Å²) in [6.07, 6.45) is 0.128. The Morgan fingerprint density at radius 1 is 1.27 bits per heavy atom. The third-order valence-corrected chi connectivity index (χ3v) is 4.13. The Morgan fingerprint density at radius 3 is 2.62 bits per heavy atom. The van der Waals surface area contributed by atoms with Crippen LogP contribution in [0, 0.1) is 13.8 Å². The highest BCUT2D eigenvalue weighted by atomic mass is 16.5. The number of hydrazone groups is 1. The zero-order valence-electron chi connectivity index (χ0n) is 14.8. The third kappa shape index (κ3) is 3.74. The van der Waals surface area contributed by atoms with Crippen molar-refractivity contribution in [2.45, 2.75) is 32.9 Å². The number of anilines is 1. The summed E-state index contributed by atoms with van der Waals surface area (Å²) in [4.78, 5) is 24.0. The fraction of sp³-hybridized carbons (Fsp3) is 0.333. The van der Waals surface area contributed by atoms with Crippen LogP contribution in [0.4, 0.5) is 5.69 Å². The summed E-state index contributed by atoms with van der Waals surface area (Å²) >= 11 is 0. The number of hydrogen-bond donors (Lipinski definition) is 1. The second kappa shape index (κ2) is 7.38. The number of aryl methyl sites for hydroxylation is 2. The molecule has 0 aliphatic carbocycles. The molecule has 3 rings (SSSR count). The molecule has 0 saturated heterocycles. The fourth-order valence-electron chi connectivity index (χ4n) is 2.88. The van der Waals surface area contributed by atoms with Gasteiger partial charge >= 0.3 is 5.97 Å². The number of para-hydroxylation sites is 1. The summed E-state index contributed by atoms with van der Waals surface area (Å²) in [7, 11) is 0. The van der Waals surface area contributed by atoms with Crippen molar-refractivity contribution >= 4 is 23.3 Å². The van der Waals surface area contributed by atoms with E-state index < -0.39 is 17.9 Å². The van der Waals surface area contributed by atoms with Gasteiger partial charge in [-0.25, -0.2) is 4.79 Å². The number of carbonyl (C=O) groups excluding carboxylic acids is 2. The topological polar surface area (TPSA) is 103 Å². The lowest BCUT2D eigenvalue weighted by molar-refractivity contribution is -0.136.